The lowest BCUT2D eigenvalue weighted by molar-refractivity contribution is 0.417. The van der Waals surface area contributed by atoms with Gasteiger partial charge in [0, 0.05) is 31.4 Å². The second-order valence-corrected chi connectivity index (χ2v) is 3.92. The van der Waals surface area contributed by atoms with Crippen LogP contribution in [0.2, 0.25) is 0 Å². The zero-order valence-corrected chi connectivity index (χ0v) is 8.37. The summed E-state index contributed by atoms with van der Waals surface area (Å²) in [4.78, 5) is 6.64. The molecular formula is C10H13N5. The molecule has 1 aliphatic rings. The third kappa shape index (κ3) is 1.27. The van der Waals surface area contributed by atoms with Crippen LogP contribution in [0.1, 0.15) is 0 Å². The summed E-state index contributed by atoms with van der Waals surface area (Å²) >= 11 is 0. The molecule has 0 amide bonds. The largest absolute Gasteiger partial charge is 0.354 e. The molecule has 2 aromatic rings. The Kier molecular flexibility index (Phi) is 1.85. The fraction of sp³-hybridized carbons (Fsp3) is 0.400. The van der Waals surface area contributed by atoms with Crippen LogP contribution in [0.25, 0.3) is 5.52 Å². The molecular weight excluding hydrogens is 190 g/mol. The zero-order valence-electron chi connectivity index (χ0n) is 8.37. The highest BCUT2D eigenvalue weighted by molar-refractivity contribution is 5.69. The summed E-state index contributed by atoms with van der Waals surface area (Å²) in [5.41, 5.74) is 6.67. The van der Waals surface area contributed by atoms with E-state index in [1.807, 2.05) is 16.8 Å². The fourth-order valence-electron chi connectivity index (χ4n) is 1.98. The Labute approximate surface area is 87.5 Å². The maximum absolute atomic E-state index is 5.60. The highest BCUT2D eigenvalue weighted by Gasteiger charge is 2.27. The van der Waals surface area contributed by atoms with Gasteiger partial charge in [-0.2, -0.15) is 5.10 Å². The number of rotatable bonds is 2. The van der Waals surface area contributed by atoms with Crippen LogP contribution in [0.3, 0.4) is 0 Å². The average Bonchev–Trinajstić information content (AvgIpc) is 2.64. The SMILES string of the molecule is NCC1CN(c2nccn3nccc23)C1. The Morgan fingerprint density at radius 2 is 2.27 bits per heavy atom. The van der Waals surface area contributed by atoms with Gasteiger partial charge in [-0.15, -0.1) is 0 Å². The maximum atomic E-state index is 5.60. The molecule has 0 spiro atoms. The third-order valence-electron chi connectivity index (χ3n) is 2.89. The molecule has 3 heterocycles. The fourth-order valence-corrected chi connectivity index (χ4v) is 1.98. The van der Waals surface area contributed by atoms with E-state index in [2.05, 4.69) is 15.0 Å². The lowest BCUT2D eigenvalue weighted by Gasteiger charge is -2.39. The highest BCUT2D eigenvalue weighted by Crippen LogP contribution is 2.25. The molecule has 3 rings (SSSR count). The number of nitrogens with zero attached hydrogens (tertiary/aromatic N) is 4. The topological polar surface area (TPSA) is 59.5 Å². The van der Waals surface area contributed by atoms with Crippen molar-refractivity contribution < 1.29 is 0 Å². The Morgan fingerprint density at radius 3 is 3.07 bits per heavy atom. The van der Waals surface area contributed by atoms with Gasteiger partial charge in [0.15, 0.2) is 5.82 Å². The van der Waals surface area contributed by atoms with Gasteiger partial charge in [-0.3, -0.25) is 0 Å². The lowest BCUT2D eigenvalue weighted by atomic mass is 10.0. The summed E-state index contributed by atoms with van der Waals surface area (Å²) in [7, 11) is 0. The third-order valence-corrected chi connectivity index (χ3v) is 2.89. The lowest BCUT2D eigenvalue weighted by Crippen LogP contribution is -2.50. The molecule has 15 heavy (non-hydrogen) atoms. The molecule has 2 aromatic heterocycles. The van der Waals surface area contributed by atoms with Crippen molar-refractivity contribution in [2.45, 2.75) is 0 Å². The minimum Gasteiger partial charge on any atom is -0.354 e. The van der Waals surface area contributed by atoms with Gasteiger partial charge in [0.05, 0.1) is 6.20 Å². The standard InChI is InChI=1S/C10H13N5/c11-5-8-6-14(7-8)10-9-1-2-13-15(9)4-3-12-10/h1-4,8H,5-7,11H2. The van der Waals surface area contributed by atoms with Crippen LogP contribution in [0.5, 0.6) is 0 Å². The van der Waals surface area contributed by atoms with Crippen LogP contribution in [0, 0.1) is 5.92 Å². The minimum atomic E-state index is 0.620. The van der Waals surface area contributed by atoms with Gasteiger partial charge < -0.3 is 10.6 Å². The number of aromatic nitrogens is 3. The van der Waals surface area contributed by atoms with E-state index in [4.69, 9.17) is 5.73 Å². The van der Waals surface area contributed by atoms with Crippen molar-refractivity contribution in [1.29, 1.82) is 0 Å². The first-order valence-corrected chi connectivity index (χ1v) is 5.12. The number of anilines is 1. The molecule has 0 aromatic carbocycles. The summed E-state index contributed by atoms with van der Waals surface area (Å²) in [6.07, 6.45) is 5.44. The van der Waals surface area contributed by atoms with Gasteiger partial charge in [-0.05, 0) is 12.6 Å². The molecule has 2 N–H and O–H groups in total. The summed E-state index contributed by atoms with van der Waals surface area (Å²) in [5, 5.41) is 4.18. The molecule has 5 nitrogen and oxygen atoms in total. The van der Waals surface area contributed by atoms with Crippen LogP contribution in [-0.4, -0.2) is 34.2 Å². The van der Waals surface area contributed by atoms with Gasteiger partial charge in [0.2, 0.25) is 0 Å². The van der Waals surface area contributed by atoms with Crippen molar-refractivity contribution in [2.24, 2.45) is 11.7 Å². The molecule has 1 aliphatic heterocycles. The van der Waals surface area contributed by atoms with Crippen molar-refractivity contribution in [3.63, 3.8) is 0 Å². The molecule has 0 bridgehead atoms. The number of fused-ring (bicyclic) bond motifs is 1. The number of nitrogens with two attached hydrogens (primary N) is 1. The Hall–Kier alpha value is -1.62. The van der Waals surface area contributed by atoms with Gasteiger partial charge in [-0.25, -0.2) is 9.50 Å². The molecule has 5 heteroatoms. The number of hydrogen-bond donors (Lipinski definition) is 1. The molecule has 1 fully saturated rings. The normalized spacial score (nSPS) is 17.0. The van der Waals surface area contributed by atoms with E-state index in [0.717, 1.165) is 31.0 Å². The Morgan fingerprint density at radius 1 is 1.40 bits per heavy atom. The maximum Gasteiger partial charge on any atom is 0.154 e. The first-order chi connectivity index (χ1) is 7.38. The molecule has 0 unspecified atom stereocenters. The van der Waals surface area contributed by atoms with Gasteiger partial charge >= 0.3 is 0 Å². The second-order valence-electron chi connectivity index (χ2n) is 3.92. The van der Waals surface area contributed by atoms with E-state index < -0.39 is 0 Å². The van der Waals surface area contributed by atoms with E-state index in [1.54, 1.807) is 12.4 Å². The van der Waals surface area contributed by atoms with Crippen LogP contribution in [-0.2, 0) is 0 Å². The Balaban J connectivity index is 1.95. The first-order valence-electron chi connectivity index (χ1n) is 5.12. The number of hydrogen-bond acceptors (Lipinski definition) is 4. The van der Waals surface area contributed by atoms with Crippen LogP contribution >= 0.6 is 0 Å². The summed E-state index contributed by atoms with van der Waals surface area (Å²) in [5.74, 6) is 1.63. The highest BCUT2D eigenvalue weighted by atomic mass is 15.3. The summed E-state index contributed by atoms with van der Waals surface area (Å²) in [6, 6.07) is 1.98. The van der Waals surface area contributed by atoms with Crippen molar-refractivity contribution in [3.8, 4) is 0 Å². The van der Waals surface area contributed by atoms with Crippen LogP contribution in [0.4, 0.5) is 5.82 Å². The molecule has 0 atom stereocenters. The van der Waals surface area contributed by atoms with Crippen molar-refractivity contribution >= 4 is 11.3 Å². The molecule has 0 saturated carbocycles. The zero-order chi connectivity index (χ0) is 10.3. The van der Waals surface area contributed by atoms with Crippen LogP contribution in [0.15, 0.2) is 24.7 Å². The average molecular weight is 203 g/mol. The van der Waals surface area contributed by atoms with Crippen molar-refractivity contribution in [3.05, 3.63) is 24.7 Å². The van der Waals surface area contributed by atoms with E-state index in [9.17, 15) is 0 Å². The molecule has 0 radical (unpaired) electrons. The van der Waals surface area contributed by atoms with E-state index in [-0.39, 0.29) is 0 Å². The smallest absolute Gasteiger partial charge is 0.154 e. The van der Waals surface area contributed by atoms with E-state index in [1.165, 1.54) is 0 Å². The predicted octanol–water partition coefficient (Wildman–Crippen LogP) is 0.124. The molecule has 78 valence electrons. The molecule has 1 saturated heterocycles. The van der Waals surface area contributed by atoms with Crippen molar-refractivity contribution in [1.82, 2.24) is 14.6 Å². The van der Waals surface area contributed by atoms with Gasteiger partial charge in [0.25, 0.3) is 0 Å². The van der Waals surface area contributed by atoms with Gasteiger partial charge in [0.1, 0.15) is 5.52 Å². The van der Waals surface area contributed by atoms with Gasteiger partial charge in [-0.1, -0.05) is 0 Å². The second kappa shape index (κ2) is 3.20. The monoisotopic (exact) mass is 203 g/mol. The summed E-state index contributed by atoms with van der Waals surface area (Å²) < 4.78 is 1.85. The minimum absolute atomic E-state index is 0.620. The Bertz CT molecular complexity index is 471. The van der Waals surface area contributed by atoms with E-state index in [0.29, 0.717) is 5.92 Å². The predicted molar refractivity (Wildman–Crippen MR) is 57.7 cm³/mol. The first kappa shape index (κ1) is 8.67. The van der Waals surface area contributed by atoms with E-state index >= 15 is 0 Å². The van der Waals surface area contributed by atoms with Crippen LogP contribution < -0.4 is 10.6 Å². The molecule has 0 aliphatic carbocycles. The summed E-state index contributed by atoms with van der Waals surface area (Å²) in [6.45, 7) is 2.78. The van der Waals surface area contributed by atoms with Crippen molar-refractivity contribution in [2.75, 3.05) is 24.5 Å². The quantitative estimate of drug-likeness (QED) is 0.753.